The molecule has 124 valence electrons. The molecule has 1 atom stereocenters. The maximum absolute atomic E-state index is 12.1. The first kappa shape index (κ1) is 15.7. The number of nitrogens with one attached hydrogen (secondary N) is 1. The smallest absolute Gasteiger partial charge is 0.271 e. The molecule has 0 bridgehead atoms. The molecule has 0 spiro atoms. The summed E-state index contributed by atoms with van der Waals surface area (Å²) in [6, 6.07) is 4.24. The number of carbonyl (C=O) groups excluding carboxylic acids is 1. The standard InChI is InChI=1S/C15H20N4O4/c1-17-6-8-18(9-7-17)5-4-14-15(20)16-12-10-11(19(21)22)2-3-13(12)23-14/h2-3,10,14H,4-9H2,1H3,(H,16,20). The normalized spacial score (nSPS) is 22.1. The molecule has 8 heteroatoms. The molecule has 2 aliphatic heterocycles. The molecule has 0 aromatic heterocycles. The lowest BCUT2D eigenvalue weighted by Crippen LogP contribution is -2.46. The number of non-ortho nitro benzene ring substituents is 1. The molecular formula is C15H20N4O4. The second-order valence-corrected chi connectivity index (χ2v) is 5.97. The van der Waals surface area contributed by atoms with E-state index in [-0.39, 0.29) is 11.6 Å². The van der Waals surface area contributed by atoms with Crippen LogP contribution in [0.1, 0.15) is 6.42 Å². The molecule has 3 rings (SSSR count). The average molecular weight is 320 g/mol. The van der Waals surface area contributed by atoms with Gasteiger partial charge in [0.1, 0.15) is 5.75 Å². The number of carbonyl (C=O) groups is 1. The molecule has 0 saturated carbocycles. The molecule has 1 saturated heterocycles. The number of ether oxygens (including phenoxy) is 1. The number of hydrogen-bond donors (Lipinski definition) is 1. The van der Waals surface area contributed by atoms with Gasteiger partial charge in [-0.1, -0.05) is 0 Å². The zero-order valence-corrected chi connectivity index (χ0v) is 13.0. The number of nitro groups is 1. The van der Waals surface area contributed by atoms with Crippen molar-refractivity contribution in [1.29, 1.82) is 0 Å². The SMILES string of the molecule is CN1CCN(CCC2Oc3ccc([N+](=O)[O-])cc3NC2=O)CC1. The van der Waals surface area contributed by atoms with E-state index in [2.05, 4.69) is 22.2 Å². The third-order valence-corrected chi connectivity index (χ3v) is 4.30. The van der Waals surface area contributed by atoms with Gasteiger partial charge in [0.05, 0.1) is 10.6 Å². The molecule has 2 aliphatic rings. The van der Waals surface area contributed by atoms with E-state index < -0.39 is 11.0 Å². The highest BCUT2D eigenvalue weighted by Gasteiger charge is 2.29. The predicted molar refractivity (Wildman–Crippen MR) is 84.7 cm³/mol. The Balaban J connectivity index is 1.60. The van der Waals surface area contributed by atoms with Gasteiger partial charge in [0.2, 0.25) is 0 Å². The van der Waals surface area contributed by atoms with Crippen molar-refractivity contribution < 1.29 is 14.5 Å². The van der Waals surface area contributed by atoms with Crippen LogP contribution in [0.3, 0.4) is 0 Å². The molecule has 8 nitrogen and oxygen atoms in total. The van der Waals surface area contributed by atoms with Crippen LogP contribution < -0.4 is 10.1 Å². The van der Waals surface area contributed by atoms with E-state index in [0.29, 0.717) is 17.9 Å². The number of nitro benzene ring substituents is 1. The number of piperazine rings is 1. The zero-order chi connectivity index (χ0) is 16.4. The lowest BCUT2D eigenvalue weighted by molar-refractivity contribution is -0.384. The second kappa shape index (κ2) is 6.51. The van der Waals surface area contributed by atoms with Crippen molar-refractivity contribution in [3.63, 3.8) is 0 Å². The second-order valence-electron chi connectivity index (χ2n) is 5.97. The highest BCUT2D eigenvalue weighted by Crippen LogP contribution is 2.33. The van der Waals surface area contributed by atoms with Crippen molar-refractivity contribution in [3.8, 4) is 5.75 Å². The molecule has 1 fully saturated rings. The summed E-state index contributed by atoms with van der Waals surface area (Å²) in [5.74, 6) is 0.241. The summed E-state index contributed by atoms with van der Waals surface area (Å²) in [5.41, 5.74) is 0.295. The van der Waals surface area contributed by atoms with Gasteiger partial charge >= 0.3 is 0 Å². The topological polar surface area (TPSA) is 87.9 Å². The minimum absolute atomic E-state index is 0.0662. The van der Waals surface area contributed by atoms with Crippen molar-refractivity contribution >= 4 is 17.3 Å². The fraction of sp³-hybridized carbons (Fsp3) is 0.533. The van der Waals surface area contributed by atoms with E-state index in [4.69, 9.17) is 4.74 Å². The Kier molecular flexibility index (Phi) is 4.44. The highest BCUT2D eigenvalue weighted by molar-refractivity contribution is 5.98. The van der Waals surface area contributed by atoms with E-state index in [1.165, 1.54) is 18.2 Å². The first-order valence-electron chi connectivity index (χ1n) is 7.70. The number of benzene rings is 1. The Bertz CT molecular complexity index is 613. The maximum Gasteiger partial charge on any atom is 0.271 e. The number of hydrogen-bond acceptors (Lipinski definition) is 6. The molecule has 2 heterocycles. The fourth-order valence-corrected chi connectivity index (χ4v) is 2.81. The summed E-state index contributed by atoms with van der Waals surface area (Å²) in [4.78, 5) is 27.0. The summed E-state index contributed by atoms with van der Waals surface area (Å²) < 4.78 is 5.72. The molecule has 1 N–H and O–H groups in total. The van der Waals surface area contributed by atoms with Gasteiger partial charge in [-0.25, -0.2) is 0 Å². The van der Waals surface area contributed by atoms with E-state index in [0.717, 1.165) is 32.7 Å². The summed E-state index contributed by atoms with van der Waals surface area (Å²) >= 11 is 0. The van der Waals surface area contributed by atoms with Crippen LogP contribution in [0.4, 0.5) is 11.4 Å². The Hall–Kier alpha value is -2.19. The first-order valence-corrected chi connectivity index (χ1v) is 7.70. The molecule has 1 aromatic carbocycles. The molecule has 1 unspecified atom stereocenters. The maximum atomic E-state index is 12.1. The molecular weight excluding hydrogens is 300 g/mol. The third-order valence-electron chi connectivity index (χ3n) is 4.30. The number of nitrogens with zero attached hydrogens (tertiary/aromatic N) is 3. The first-order chi connectivity index (χ1) is 11.0. The molecule has 23 heavy (non-hydrogen) atoms. The molecule has 1 amide bonds. The van der Waals surface area contributed by atoms with Gasteiger partial charge in [0, 0.05) is 51.3 Å². The number of fused-ring (bicyclic) bond motifs is 1. The zero-order valence-electron chi connectivity index (χ0n) is 13.0. The minimum Gasteiger partial charge on any atom is -0.478 e. The van der Waals surface area contributed by atoms with Crippen LogP contribution in [0.2, 0.25) is 0 Å². The van der Waals surface area contributed by atoms with Crippen LogP contribution in [-0.4, -0.2) is 66.5 Å². The Labute approximate surface area is 134 Å². The van der Waals surface area contributed by atoms with Crippen molar-refractivity contribution in [3.05, 3.63) is 28.3 Å². The van der Waals surface area contributed by atoms with Gasteiger partial charge in [-0.15, -0.1) is 0 Å². The molecule has 0 radical (unpaired) electrons. The Morgan fingerprint density at radius 3 is 2.78 bits per heavy atom. The summed E-state index contributed by atoms with van der Waals surface area (Å²) in [5, 5.41) is 13.5. The van der Waals surface area contributed by atoms with Crippen LogP contribution in [0.5, 0.6) is 5.75 Å². The monoisotopic (exact) mass is 320 g/mol. The summed E-state index contributed by atoms with van der Waals surface area (Å²) in [6.45, 7) is 4.85. The van der Waals surface area contributed by atoms with E-state index in [1.54, 1.807) is 0 Å². The van der Waals surface area contributed by atoms with E-state index in [1.807, 2.05) is 0 Å². The van der Waals surface area contributed by atoms with Crippen molar-refractivity contribution in [2.45, 2.75) is 12.5 Å². The molecule has 1 aromatic rings. The number of likely N-dealkylation sites (N-methyl/N-ethyl adjacent to an activating group) is 1. The number of anilines is 1. The van der Waals surface area contributed by atoms with Crippen LogP contribution in [0.15, 0.2) is 18.2 Å². The summed E-state index contributed by atoms with van der Waals surface area (Å²) in [6.07, 6.45) is 0.0509. The van der Waals surface area contributed by atoms with Crippen molar-refractivity contribution in [1.82, 2.24) is 9.80 Å². The predicted octanol–water partition coefficient (Wildman–Crippen LogP) is 0.932. The van der Waals surface area contributed by atoms with Crippen LogP contribution in [0, 0.1) is 10.1 Å². The van der Waals surface area contributed by atoms with Crippen molar-refractivity contribution in [2.75, 3.05) is 45.1 Å². The Morgan fingerprint density at radius 1 is 1.35 bits per heavy atom. The van der Waals surface area contributed by atoms with Gasteiger partial charge in [0.25, 0.3) is 11.6 Å². The Morgan fingerprint density at radius 2 is 2.09 bits per heavy atom. The van der Waals surface area contributed by atoms with Gasteiger partial charge < -0.3 is 19.9 Å². The van der Waals surface area contributed by atoms with Gasteiger partial charge in [0.15, 0.2) is 6.10 Å². The van der Waals surface area contributed by atoms with E-state index in [9.17, 15) is 14.9 Å². The lowest BCUT2D eigenvalue weighted by Gasteiger charge is -2.33. The fourth-order valence-electron chi connectivity index (χ4n) is 2.81. The average Bonchev–Trinajstić information content (AvgIpc) is 2.53. The molecule has 0 aliphatic carbocycles. The number of rotatable bonds is 4. The van der Waals surface area contributed by atoms with Crippen LogP contribution in [0.25, 0.3) is 0 Å². The minimum atomic E-state index is -0.552. The van der Waals surface area contributed by atoms with E-state index >= 15 is 0 Å². The van der Waals surface area contributed by atoms with Gasteiger partial charge in [-0.05, 0) is 13.1 Å². The van der Waals surface area contributed by atoms with Gasteiger partial charge in [-0.2, -0.15) is 0 Å². The van der Waals surface area contributed by atoms with Crippen LogP contribution in [-0.2, 0) is 4.79 Å². The lowest BCUT2D eigenvalue weighted by atomic mass is 10.1. The largest absolute Gasteiger partial charge is 0.478 e. The third kappa shape index (κ3) is 3.59. The number of amides is 1. The summed E-state index contributed by atoms with van der Waals surface area (Å²) in [7, 11) is 2.10. The highest BCUT2D eigenvalue weighted by atomic mass is 16.6. The van der Waals surface area contributed by atoms with Crippen LogP contribution >= 0.6 is 0 Å². The quantitative estimate of drug-likeness (QED) is 0.656. The van der Waals surface area contributed by atoms with Gasteiger partial charge in [-0.3, -0.25) is 14.9 Å². The van der Waals surface area contributed by atoms with Crippen molar-refractivity contribution in [2.24, 2.45) is 0 Å².